The Bertz CT molecular complexity index is 350. The van der Waals surface area contributed by atoms with E-state index in [1.807, 2.05) is 0 Å². The number of hydrogen-bond donors (Lipinski definition) is 1. The van der Waals surface area contributed by atoms with Crippen LogP contribution in [0.4, 0.5) is 5.95 Å². The molecule has 3 nitrogen and oxygen atoms in total. The zero-order valence-electron chi connectivity index (χ0n) is 10.8. The second-order valence-corrected chi connectivity index (χ2v) is 5.47. The molecule has 0 amide bonds. The highest BCUT2D eigenvalue weighted by Gasteiger charge is 2.28. The van der Waals surface area contributed by atoms with Crippen LogP contribution in [0.3, 0.4) is 0 Å². The lowest BCUT2D eigenvalue weighted by Crippen LogP contribution is -2.17. The van der Waals surface area contributed by atoms with E-state index in [9.17, 15) is 0 Å². The van der Waals surface area contributed by atoms with E-state index in [0.717, 1.165) is 30.0 Å². The van der Waals surface area contributed by atoms with Gasteiger partial charge in [0.2, 0.25) is 5.95 Å². The molecular weight excluding hydrogens is 198 g/mol. The number of aromatic nitrogens is 2. The Hall–Kier alpha value is -0.990. The standard InChI is InChI=1S/C13H23N3/c1-9(2)14-13-15-11(4)8-16(13)7-10(3)12-5-6-12/h8-10,12H,5-7H2,1-4H3,(H,14,15). The van der Waals surface area contributed by atoms with Crippen LogP contribution in [0.5, 0.6) is 0 Å². The Balaban J connectivity index is 2.05. The average molecular weight is 221 g/mol. The normalized spacial score (nSPS) is 17.8. The quantitative estimate of drug-likeness (QED) is 0.828. The molecule has 1 atom stereocenters. The van der Waals surface area contributed by atoms with Gasteiger partial charge in [-0.1, -0.05) is 6.92 Å². The molecule has 16 heavy (non-hydrogen) atoms. The van der Waals surface area contributed by atoms with Gasteiger partial charge in [0.15, 0.2) is 0 Å². The van der Waals surface area contributed by atoms with Gasteiger partial charge in [0.1, 0.15) is 0 Å². The van der Waals surface area contributed by atoms with Gasteiger partial charge in [-0.25, -0.2) is 4.98 Å². The van der Waals surface area contributed by atoms with Gasteiger partial charge in [0, 0.05) is 18.8 Å². The summed E-state index contributed by atoms with van der Waals surface area (Å²) in [6.45, 7) is 9.81. The second-order valence-electron chi connectivity index (χ2n) is 5.47. The van der Waals surface area contributed by atoms with E-state index in [1.54, 1.807) is 0 Å². The molecule has 1 aromatic heterocycles. The summed E-state index contributed by atoms with van der Waals surface area (Å²) < 4.78 is 2.28. The largest absolute Gasteiger partial charge is 0.353 e. The van der Waals surface area contributed by atoms with Crippen molar-refractivity contribution in [2.75, 3.05) is 5.32 Å². The van der Waals surface area contributed by atoms with E-state index in [-0.39, 0.29) is 0 Å². The molecule has 1 saturated carbocycles. The average Bonchev–Trinajstić information content (AvgIpc) is 2.93. The van der Waals surface area contributed by atoms with Crippen LogP contribution in [0.2, 0.25) is 0 Å². The Morgan fingerprint density at radius 3 is 2.69 bits per heavy atom. The van der Waals surface area contributed by atoms with E-state index in [4.69, 9.17) is 0 Å². The van der Waals surface area contributed by atoms with Crippen molar-refractivity contribution in [3.05, 3.63) is 11.9 Å². The summed E-state index contributed by atoms with van der Waals surface area (Å²) >= 11 is 0. The highest BCUT2D eigenvalue weighted by atomic mass is 15.2. The Kier molecular flexibility index (Phi) is 3.22. The van der Waals surface area contributed by atoms with Gasteiger partial charge < -0.3 is 9.88 Å². The highest BCUT2D eigenvalue weighted by Crippen LogP contribution is 2.37. The molecule has 0 bridgehead atoms. The number of anilines is 1. The van der Waals surface area contributed by atoms with Crippen molar-refractivity contribution in [1.82, 2.24) is 9.55 Å². The number of hydrogen-bond acceptors (Lipinski definition) is 2. The molecule has 0 saturated heterocycles. The number of aryl methyl sites for hydroxylation is 1. The molecule has 1 N–H and O–H groups in total. The fourth-order valence-electron chi connectivity index (χ4n) is 2.18. The summed E-state index contributed by atoms with van der Waals surface area (Å²) in [5.74, 6) is 2.76. The number of nitrogens with zero attached hydrogens (tertiary/aromatic N) is 2. The minimum Gasteiger partial charge on any atom is -0.353 e. The molecule has 0 aromatic carbocycles. The molecule has 3 heteroatoms. The van der Waals surface area contributed by atoms with Crippen molar-refractivity contribution in [2.45, 2.75) is 53.1 Å². The van der Waals surface area contributed by atoms with Crippen LogP contribution in [0, 0.1) is 18.8 Å². The Labute approximate surface area is 98.3 Å². The maximum atomic E-state index is 4.54. The van der Waals surface area contributed by atoms with Crippen LogP contribution in [0.15, 0.2) is 6.20 Å². The predicted molar refractivity (Wildman–Crippen MR) is 67.6 cm³/mol. The first-order valence-corrected chi connectivity index (χ1v) is 6.36. The van der Waals surface area contributed by atoms with Crippen molar-refractivity contribution in [1.29, 1.82) is 0 Å². The van der Waals surface area contributed by atoms with Crippen molar-refractivity contribution < 1.29 is 0 Å². The molecule has 2 rings (SSSR count). The summed E-state index contributed by atoms with van der Waals surface area (Å²) in [6, 6.07) is 0.441. The van der Waals surface area contributed by atoms with E-state index in [1.165, 1.54) is 12.8 Å². The van der Waals surface area contributed by atoms with Crippen LogP contribution in [-0.2, 0) is 6.54 Å². The molecule has 1 unspecified atom stereocenters. The van der Waals surface area contributed by atoms with Gasteiger partial charge in [0.05, 0.1) is 5.69 Å². The van der Waals surface area contributed by atoms with Crippen LogP contribution in [0.1, 0.15) is 39.3 Å². The molecular formula is C13H23N3. The van der Waals surface area contributed by atoms with Crippen molar-refractivity contribution in [2.24, 2.45) is 11.8 Å². The predicted octanol–water partition coefficient (Wildman–Crippen LogP) is 3.06. The Morgan fingerprint density at radius 2 is 2.12 bits per heavy atom. The fourth-order valence-corrected chi connectivity index (χ4v) is 2.18. The molecule has 1 heterocycles. The lowest BCUT2D eigenvalue weighted by molar-refractivity contribution is 0.432. The maximum Gasteiger partial charge on any atom is 0.203 e. The van der Waals surface area contributed by atoms with Gasteiger partial charge in [0.25, 0.3) is 0 Å². The van der Waals surface area contributed by atoms with Crippen molar-refractivity contribution in [3.8, 4) is 0 Å². The highest BCUT2D eigenvalue weighted by molar-refractivity contribution is 5.29. The summed E-state index contributed by atoms with van der Waals surface area (Å²) in [4.78, 5) is 4.54. The minimum absolute atomic E-state index is 0.441. The molecule has 1 aliphatic rings. The van der Waals surface area contributed by atoms with Gasteiger partial charge >= 0.3 is 0 Å². The van der Waals surface area contributed by atoms with Gasteiger partial charge in [-0.3, -0.25) is 0 Å². The first-order chi connectivity index (χ1) is 7.56. The first kappa shape index (κ1) is 11.5. The lowest BCUT2D eigenvalue weighted by atomic mass is 10.1. The number of rotatable bonds is 5. The summed E-state index contributed by atoms with van der Waals surface area (Å²) in [5, 5.41) is 3.41. The zero-order valence-corrected chi connectivity index (χ0v) is 10.8. The number of imidazole rings is 1. The molecule has 1 fully saturated rings. The van der Waals surface area contributed by atoms with Gasteiger partial charge in [-0.15, -0.1) is 0 Å². The fraction of sp³-hybridized carbons (Fsp3) is 0.769. The van der Waals surface area contributed by atoms with Crippen LogP contribution >= 0.6 is 0 Å². The number of nitrogens with one attached hydrogen (secondary N) is 1. The van der Waals surface area contributed by atoms with Gasteiger partial charge in [-0.05, 0) is 45.4 Å². The van der Waals surface area contributed by atoms with Crippen LogP contribution in [0.25, 0.3) is 0 Å². The van der Waals surface area contributed by atoms with E-state index in [0.29, 0.717) is 6.04 Å². The van der Waals surface area contributed by atoms with E-state index < -0.39 is 0 Å². The summed E-state index contributed by atoms with van der Waals surface area (Å²) in [6.07, 6.45) is 4.99. The summed E-state index contributed by atoms with van der Waals surface area (Å²) in [5.41, 5.74) is 1.10. The van der Waals surface area contributed by atoms with Gasteiger partial charge in [-0.2, -0.15) is 0 Å². The topological polar surface area (TPSA) is 29.9 Å². The van der Waals surface area contributed by atoms with E-state index in [2.05, 4.69) is 48.8 Å². The third-order valence-electron chi connectivity index (χ3n) is 3.23. The van der Waals surface area contributed by atoms with Crippen LogP contribution < -0.4 is 5.32 Å². The second kappa shape index (κ2) is 4.48. The molecule has 0 aliphatic heterocycles. The van der Waals surface area contributed by atoms with E-state index >= 15 is 0 Å². The SMILES string of the molecule is Cc1cn(CC(C)C2CC2)c(NC(C)C)n1. The van der Waals surface area contributed by atoms with Crippen molar-refractivity contribution in [3.63, 3.8) is 0 Å². The third kappa shape index (κ3) is 2.77. The minimum atomic E-state index is 0.441. The third-order valence-corrected chi connectivity index (χ3v) is 3.23. The molecule has 0 spiro atoms. The Morgan fingerprint density at radius 1 is 1.44 bits per heavy atom. The van der Waals surface area contributed by atoms with Crippen LogP contribution in [-0.4, -0.2) is 15.6 Å². The monoisotopic (exact) mass is 221 g/mol. The van der Waals surface area contributed by atoms with Crippen molar-refractivity contribution >= 4 is 5.95 Å². The maximum absolute atomic E-state index is 4.54. The molecule has 90 valence electrons. The lowest BCUT2D eigenvalue weighted by Gasteiger charge is -2.15. The molecule has 1 aromatic rings. The smallest absolute Gasteiger partial charge is 0.203 e. The zero-order chi connectivity index (χ0) is 11.7. The first-order valence-electron chi connectivity index (χ1n) is 6.36. The summed E-state index contributed by atoms with van der Waals surface area (Å²) in [7, 11) is 0. The molecule has 1 aliphatic carbocycles. The molecule has 0 radical (unpaired) electrons.